The molecule has 3 atom stereocenters. The predicted molar refractivity (Wildman–Crippen MR) is 164 cm³/mol. The van der Waals surface area contributed by atoms with Crippen molar-refractivity contribution >= 4 is 23.6 Å². The Kier molecular flexibility index (Phi) is 13.2. The van der Waals surface area contributed by atoms with Crippen molar-refractivity contribution in [2.24, 2.45) is 11.7 Å². The Bertz CT molecular complexity index is 1600. The molecule has 280 valence electrons. The first-order valence-corrected chi connectivity index (χ1v) is 15.3. The third-order valence-electron chi connectivity index (χ3n) is 8.32. The minimum atomic E-state index is -5.08. The standard InChI is InChI=1S/C28H31F4N5.2C2HF3O2/c29-23-17-21(11-12-22(23)28(30,31)32)37-16-6-9-20(18-37)27(33)14-5-4-10-25(27)36-26-34-15-13-24(35-26)19-7-2-1-3-8-19;2*3-2(4,5)1(6)7/h1-3,7-8,11-13,15,17,20,25H,4-6,9-10,14,16,18,33H2,(H,34,35,36);2*(H,6,7)/t20-,25?,27?;;/m0../s1. The van der Waals surface area contributed by atoms with Crippen LogP contribution < -0.4 is 16.0 Å². The van der Waals surface area contributed by atoms with Crippen LogP contribution in [0.4, 0.5) is 55.5 Å². The van der Waals surface area contributed by atoms with Gasteiger partial charge in [-0.3, -0.25) is 0 Å². The Labute approximate surface area is 284 Å². The first-order valence-electron chi connectivity index (χ1n) is 15.3. The fourth-order valence-corrected chi connectivity index (χ4v) is 5.85. The third-order valence-corrected chi connectivity index (χ3v) is 8.32. The van der Waals surface area contributed by atoms with Crippen molar-refractivity contribution in [2.45, 2.75) is 68.6 Å². The summed E-state index contributed by atoms with van der Waals surface area (Å²) in [6.07, 6.45) is -7.67. The number of nitrogens with one attached hydrogen (secondary N) is 1. The van der Waals surface area contributed by atoms with Crippen LogP contribution in [-0.4, -0.2) is 69.1 Å². The number of anilines is 2. The molecule has 1 aliphatic carbocycles. The molecule has 0 bridgehead atoms. The highest BCUT2D eigenvalue weighted by atomic mass is 19.4. The Hall–Kier alpha value is -4.68. The summed E-state index contributed by atoms with van der Waals surface area (Å²) in [5.41, 5.74) is 7.65. The monoisotopic (exact) mass is 741 g/mol. The molecular weight excluding hydrogens is 708 g/mol. The second kappa shape index (κ2) is 16.6. The van der Waals surface area contributed by atoms with Gasteiger partial charge in [0.1, 0.15) is 5.82 Å². The predicted octanol–water partition coefficient (Wildman–Crippen LogP) is 7.54. The minimum absolute atomic E-state index is 0.0541. The van der Waals surface area contributed by atoms with E-state index in [9.17, 15) is 43.9 Å². The van der Waals surface area contributed by atoms with E-state index in [2.05, 4.69) is 10.3 Å². The number of aliphatic carboxylic acids is 2. The second-order valence-corrected chi connectivity index (χ2v) is 11.7. The van der Waals surface area contributed by atoms with Crippen molar-refractivity contribution in [1.82, 2.24) is 9.97 Å². The molecule has 51 heavy (non-hydrogen) atoms. The molecule has 1 aliphatic heterocycles. The van der Waals surface area contributed by atoms with Crippen molar-refractivity contribution in [2.75, 3.05) is 23.3 Å². The van der Waals surface area contributed by atoms with Gasteiger partial charge in [-0.25, -0.2) is 23.9 Å². The first kappa shape index (κ1) is 40.7. The number of aromatic nitrogens is 2. The van der Waals surface area contributed by atoms with Crippen LogP contribution in [0, 0.1) is 11.7 Å². The smallest absolute Gasteiger partial charge is 0.475 e. The van der Waals surface area contributed by atoms with Gasteiger partial charge in [-0.1, -0.05) is 43.2 Å². The number of benzene rings is 2. The van der Waals surface area contributed by atoms with Crippen LogP contribution >= 0.6 is 0 Å². The summed E-state index contributed by atoms with van der Waals surface area (Å²) < 4.78 is 117. The molecule has 0 spiro atoms. The number of rotatable bonds is 5. The highest BCUT2D eigenvalue weighted by Crippen LogP contribution is 2.40. The van der Waals surface area contributed by atoms with Gasteiger partial charge in [0.25, 0.3) is 0 Å². The molecule has 2 unspecified atom stereocenters. The van der Waals surface area contributed by atoms with Crippen LogP contribution in [0.5, 0.6) is 0 Å². The molecule has 1 saturated carbocycles. The molecule has 3 aromatic rings. The number of nitrogens with two attached hydrogens (primary N) is 1. The van der Waals surface area contributed by atoms with Gasteiger partial charge in [0.05, 0.1) is 11.3 Å². The summed E-state index contributed by atoms with van der Waals surface area (Å²) >= 11 is 0. The van der Waals surface area contributed by atoms with E-state index in [4.69, 9.17) is 30.5 Å². The van der Waals surface area contributed by atoms with Gasteiger partial charge in [0, 0.05) is 42.1 Å². The van der Waals surface area contributed by atoms with E-state index in [1.165, 1.54) is 6.07 Å². The van der Waals surface area contributed by atoms with E-state index in [0.29, 0.717) is 24.7 Å². The molecule has 5 N–H and O–H groups in total. The van der Waals surface area contributed by atoms with Crippen LogP contribution in [0.2, 0.25) is 0 Å². The van der Waals surface area contributed by atoms with Gasteiger partial charge < -0.3 is 26.2 Å². The van der Waals surface area contributed by atoms with Gasteiger partial charge >= 0.3 is 30.5 Å². The van der Waals surface area contributed by atoms with E-state index < -0.39 is 47.4 Å². The molecular formula is C32H33F10N5O4. The number of hydrogen-bond donors (Lipinski definition) is 4. The lowest BCUT2D eigenvalue weighted by molar-refractivity contribution is -0.193. The number of piperidine rings is 1. The maximum Gasteiger partial charge on any atom is 0.490 e. The lowest BCUT2D eigenvalue weighted by atomic mass is 9.67. The maximum absolute atomic E-state index is 14.3. The fourth-order valence-electron chi connectivity index (χ4n) is 5.85. The van der Waals surface area contributed by atoms with Gasteiger partial charge in [0.15, 0.2) is 0 Å². The number of carbonyl (C=O) groups is 2. The molecule has 2 aromatic carbocycles. The molecule has 2 fully saturated rings. The number of carboxylic acid groups (broad SMARTS) is 2. The zero-order chi connectivity index (χ0) is 38.2. The van der Waals surface area contributed by atoms with E-state index in [-0.39, 0.29) is 12.0 Å². The summed E-state index contributed by atoms with van der Waals surface area (Å²) in [4.78, 5) is 28.9. The highest BCUT2D eigenvalue weighted by Gasteiger charge is 2.46. The SMILES string of the molecule is NC1([C@H]2CCCN(c3ccc(C(F)(F)F)c(F)c3)C2)CCCCC1Nc1nccc(-c2ccccc2)n1.O=C(O)C(F)(F)F.O=C(O)C(F)(F)F. The molecule has 2 heterocycles. The van der Waals surface area contributed by atoms with Crippen molar-refractivity contribution < 1.29 is 63.7 Å². The van der Waals surface area contributed by atoms with Crippen LogP contribution in [0.15, 0.2) is 60.8 Å². The summed E-state index contributed by atoms with van der Waals surface area (Å²) in [5.74, 6) is -6.15. The Morgan fingerprint density at radius 3 is 2.02 bits per heavy atom. The molecule has 2 aliphatic rings. The average Bonchev–Trinajstić information content (AvgIpc) is 3.05. The van der Waals surface area contributed by atoms with Crippen LogP contribution in [0.25, 0.3) is 11.3 Å². The summed E-state index contributed by atoms with van der Waals surface area (Å²) in [6.45, 7) is 1.21. The Morgan fingerprint density at radius 2 is 1.47 bits per heavy atom. The van der Waals surface area contributed by atoms with E-state index in [1.54, 1.807) is 6.20 Å². The number of halogens is 10. The van der Waals surface area contributed by atoms with Gasteiger partial charge in [0.2, 0.25) is 5.95 Å². The van der Waals surface area contributed by atoms with Crippen LogP contribution in [-0.2, 0) is 15.8 Å². The summed E-state index contributed by atoms with van der Waals surface area (Å²) in [6, 6.07) is 14.9. The fraction of sp³-hybridized carbons (Fsp3) is 0.438. The zero-order valence-corrected chi connectivity index (χ0v) is 26.5. The molecule has 0 radical (unpaired) electrons. The molecule has 1 aromatic heterocycles. The number of alkyl halides is 9. The van der Waals surface area contributed by atoms with Crippen molar-refractivity contribution in [3.05, 3.63) is 72.2 Å². The largest absolute Gasteiger partial charge is 0.490 e. The number of carboxylic acids is 2. The van der Waals surface area contributed by atoms with Crippen molar-refractivity contribution in [1.29, 1.82) is 0 Å². The zero-order valence-electron chi connectivity index (χ0n) is 26.5. The Balaban J connectivity index is 0.000000424. The molecule has 1 saturated heterocycles. The first-order chi connectivity index (χ1) is 23.6. The lowest BCUT2D eigenvalue weighted by Crippen LogP contribution is -2.64. The number of hydrogen-bond acceptors (Lipinski definition) is 7. The van der Waals surface area contributed by atoms with Crippen molar-refractivity contribution in [3.63, 3.8) is 0 Å². The highest BCUT2D eigenvalue weighted by molar-refractivity contribution is 5.73. The molecule has 9 nitrogen and oxygen atoms in total. The normalized spacial score (nSPS) is 21.0. The number of nitrogens with zero attached hydrogens (tertiary/aromatic N) is 3. The third kappa shape index (κ3) is 11.4. The second-order valence-electron chi connectivity index (χ2n) is 11.7. The Morgan fingerprint density at radius 1 is 0.863 bits per heavy atom. The van der Waals surface area contributed by atoms with E-state index >= 15 is 0 Å². The van der Waals surface area contributed by atoms with Crippen molar-refractivity contribution in [3.8, 4) is 11.3 Å². The maximum atomic E-state index is 14.3. The minimum Gasteiger partial charge on any atom is -0.475 e. The molecule has 0 amide bonds. The molecule has 5 rings (SSSR count). The van der Waals surface area contributed by atoms with Gasteiger partial charge in [-0.05, 0) is 55.9 Å². The topological polar surface area (TPSA) is 142 Å². The van der Waals surface area contributed by atoms with Crippen LogP contribution in [0.1, 0.15) is 44.1 Å². The molecule has 19 heteroatoms. The van der Waals surface area contributed by atoms with E-state index in [0.717, 1.165) is 61.9 Å². The van der Waals surface area contributed by atoms with Gasteiger partial charge in [-0.15, -0.1) is 0 Å². The van der Waals surface area contributed by atoms with Crippen LogP contribution in [0.3, 0.4) is 0 Å². The van der Waals surface area contributed by atoms with Gasteiger partial charge in [-0.2, -0.15) is 39.5 Å². The summed E-state index contributed by atoms with van der Waals surface area (Å²) in [7, 11) is 0. The summed E-state index contributed by atoms with van der Waals surface area (Å²) in [5, 5.41) is 17.8. The quantitative estimate of drug-likeness (QED) is 0.195. The average molecular weight is 742 g/mol. The lowest BCUT2D eigenvalue weighted by Gasteiger charge is -2.50. The van der Waals surface area contributed by atoms with E-state index in [1.807, 2.05) is 41.3 Å².